The monoisotopic (exact) mass is 831 g/mol. The van der Waals surface area contributed by atoms with Crippen molar-refractivity contribution in [2.24, 2.45) is 17.8 Å². The van der Waals surface area contributed by atoms with Gasteiger partial charge < -0.3 is 30.1 Å². The lowest BCUT2D eigenvalue weighted by Gasteiger charge is -2.32. The molecule has 2 aliphatic heterocycles. The number of hydrogen-bond donors (Lipinski definition) is 4. The fourth-order valence-corrected chi connectivity index (χ4v) is 9.44. The standard InChI is InChI=1S/C42H53N7O9S/c1-25(2)57-30-13-11-28(12-14-30)33-20-31(22-35(44-33)49-18-8-17-43-49)58-32-21-34-37(50)46-42(39(52)47-59(55,56)41(5)15-16-41)23-29(42)10-7-6-9-26(3)19-27(4)36(45-40(53)54)38(51)48(34)24-32/h7-8,10-14,17-18,20,22,25-27,29,32,34,36,45H,6,9,15-16,19,21,23-24H2,1-5H3,(H,46,50)(H,47,52)(H,53,54)/b10-7-/t26-,27+,29+,32+,34-,36-,42+/m0/s1. The van der Waals surface area contributed by atoms with E-state index >= 15 is 0 Å². The van der Waals surface area contributed by atoms with Crippen LogP contribution in [0.5, 0.6) is 11.5 Å². The Labute approximate surface area is 344 Å². The zero-order valence-electron chi connectivity index (χ0n) is 34.0. The lowest BCUT2D eigenvalue weighted by molar-refractivity contribution is -0.142. The normalized spacial score (nSPS) is 28.5. The van der Waals surface area contributed by atoms with E-state index in [1.54, 1.807) is 42.2 Å². The maximum Gasteiger partial charge on any atom is 0.405 e. The van der Waals surface area contributed by atoms with Crippen LogP contribution in [0.3, 0.4) is 0 Å². The average molecular weight is 832 g/mol. The summed E-state index contributed by atoms with van der Waals surface area (Å²) >= 11 is 0. The molecule has 16 nitrogen and oxygen atoms in total. The van der Waals surface area contributed by atoms with Gasteiger partial charge >= 0.3 is 6.09 Å². The van der Waals surface area contributed by atoms with Crippen LogP contribution >= 0.6 is 0 Å². The van der Waals surface area contributed by atoms with Gasteiger partial charge in [0.15, 0.2) is 5.82 Å². The Kier molecular flexibility index (Phi) is 11.5. The smallest absolute Gasteiger partial charge is 0.405 e. The third-order valence-corrected chi connectivity index (χ3v) is 14.0. The SMILES string of the molecule is CC(C)Oc1ccc(-c2cc(O[C@@H]3C[C@H]4C(=O)N[C@]5(C(=O)NS(=O)(=O)C6(C)CC6)C[C@H]5/C=C\CC[C@H](C)C[C@@H](C)[C@H](NC(=O)O)C(=O)N4C3)cc(-n3cccn3)n2)cc1. The summed E-state index contributed by atoms with van der Waals surface area (Å²) in [5, 5.41) is 19.5. The van der Waals surface area contributed by atoms with Gasteiger partial charge in [0, 0.05) is 42.4 Å². The number of carbonyl (C=O) groups is 4. The Balaban J connectivity index is 1.22. The third kappa shape index (κ3) is 9.09. The van der Waals surface area contributed by atoms with Gasteiger partial charge in [-0.1, -0.05) is 26.0 Å². The van der Waals surface area contributed by atoms with Gasteiger partial charge in [0.2, 0.25) is 21.8 Å². The highest BCUT2D eigenvalue weighted by atomic mass is 32.2. The number of ether oxygens (including phenoxy) is 2. The summed E-state index contributed by atoms with van der Waals surface area (Å²) in [6.07, 6.45) is 7.91. The number of aromatic nitrogens is 3. The van der Waals surface area contributed by atoms with Crippen LogP contribution in [0.4, 0.5) is 4.79 Å². The van der Waals surface area contributed by atoms with Crippen molar-refractivity contribution < 1.29 is 42.2 Å². The van der Waals surface area contributed by atoms with E-state index in [2.05, 4.69) is 20.5 Å². The molecule has 316 valence electrons. The zero-order chi connectivity index (χ0) is 42.3. The van der Waals surface area contributed by atoms with Gasteiger partial charge in [0.1, 0.15) is 35.2 Å². The van der Waals surface area contributed by atoms with E-state index in [0.717, 1.165) is 12.0 Å². The van der Waals surface area contributed by atoms with E-state index in [9.17, 15) is 32.7 Å². The number of nitrogens with zero attached hydrogens (tertiary/aromatic N) is 4. The largest absolute Gasteiger partial charge is 0.491 e. The third-order valence-electron chi connectivity index (χ3n) is 11.9. The molecule has 0 spiro atoms. The molecule has 1 saturated heterocycles. The first-order valence-electron chi connectivity index (χ1n) is 20.3. The molecule has 3 aromatic rings. The molecule has 7 atom stereocenters. The molecule has 2 aromatic heterocycles. The van der Waals surface area contributed by atoms with Gasteiger partial charge in [-0.15, -0.1) is 0 Å². The summed E-state index contributed by atoms with van der Waals surface area (Å²) in [5.74, 6) is -1.36. The quantitative estimate of drug-likeness (QED) is 0.208. The minimum absolute atomic E-state index is 0.00373. The van der Waals surface area contributed by atoms with Crippen molar-refractivity contribution in [2.75, 3.05) is 6.54 Å². The molecule has 59 heavy (non-hydrogen) atoms. The van der Waals surface area contributed by atoms with Crippen molar-refractivity contribution in [3.05, 3.63) is 67.0 Å². The number of nitrogens with one attached hydrogen (secondary N) is 3. The number of benzene rings is 1. The van der Waals surface area contributed by atoms with Crippen LogP contribution in [0.1, 0.15) is 79.6 Å². The van der Waals surface area contributed by atoms with Crippen LogP contribution < -0.4 is 24.8 Å². The number of carbonyl (C=O) groups excluding carboxylic acids is 3. The van der Waals surface area contributed by atoms with Crippen molar-refractivity contribution in [1.29, 1.82) is 0 Å². The number of pyridine rings is 1. The molecule has 0 radical (unpaired) electrons. The number of rotatable bonds is 10. The summed E-state index contributed by atoms with van der Waals surface area (Å²) in [6.45, 7) is 9.23. The average Bonchev–Trinajstić information content (AvgIpc) is 3.92. The summed E-state index contributed by atoms with van der Waals surface area (Å²) in [6, 6.07) is 10.3. The fourth-order valence-electron chi connectivity index (χ4n) is 8.13. The lowest BCUT2D eigenvalue weighted by atomic mass is 9.88. The summed E-state index contributed by atoms with van der Waals surface area (Å²) < 4.78 is 41.6. The molecular weight excluding hydrogens is 779 g/mol. The zero-order valence-corrected chi connectivity index (χ0v) is 34.8. The molecule has 4 aliphatic rings. The first-order chi connectivity index (χ1) is 28.0. The van der Waals surface area contributed by atoms with Gasteiger partial charge in [-0.25, -0.2) is 22.9 Å². The second kappa shape index (κ2) is 16.3. The van der Waals surface area contributed by atoms with E-state index in [0.29, 0.717) is 48.7 Å². The summed E-state index contributed by atoms with van der Waals surface area (Å²) in [4.78, 5) is 61.3. The van der Waals surface area contributed by atoms with Crippen molar-refractivity contribution in [3.63, 3.8) is 0 Å². The van der Waals surface area contributed by atoms with Crippen LogP contribution in [0.15, 0.2) is 67.0 Å². The number of amides is 4. The number of sulfonamides is 1. The van der Waals surface area contributed by atoms with Crippen LogP contribution in [0.25, 0.3) is 17.1 Å². The minimum atomic E-state index is -4.02. The molecule has 4 heterocycles. The summed E-state index contributed by atoms with van der Waals surface area (Å²) in [5.41, 5.74) is -0.227. The Morgan fingerprint density at radius 3 is 2.47 bits per heavy atom. The van der Waals surface area contributed by atoms with Crippen molar-refractivity contribution >= 4 is 33.8 Å². The van der Waals surface area contributed by atoms with E-state index in [4.69, 9.17) is 14.5 Å². The first-order valence-corrected chi connectivity index (χ1v) is 21.8. The molecule has 7 rings (SSSR count). The highest BCUT2D eigenvalue weighted by molar-refractivity contribution is 7.91. The van der Waals surface area contributed by atoms with E-state index in [1.165, 1.54) is 4.90 Å². The molecular formula is C42H53N7O9S. The highest BCUT2D eigenvalue weighted by Gasteiger charge is 2.63. The van der Waals surface area contributed by atoms with Crippen molar-refractivity contribution in [1.82, 2.24) is 35.0 Å². The second-order valence-corrected chi connectivity index (χ2v) is 19.3. The molecule has 0 bridgehead atoms. The van der Waals surface area contributed by atoms with Gasteiger partial charge in [-0.2, -0.15) is 5.10 Å². The molecule has 4 amide bonds. The van der Waals surface area contributed by atoms with E-state index < -0.39 is 74.1 Å². The van der Waals surface area contributed by atoms with Crippen LogP contribution in [-0.4, -0.2) is 98.1 Å². The molecule has 3 fully saturated rings. The maximum atomic E-state index is 14.6. The Morgan fingerprint density at radius 1 is 1.07 bits per heavy atom. The molecule has 2 saturated carbocycles. The molecule has 17 heteroatoms. The number of hydrogen-bond acceptors (Lipinski definition) is 10. The Morgan fingerprint density at radius 2 is 1.81 bits per heavy atom. The van der Waals surface area contributed by atoms with Crippen LogP contribution in [-0.2, 0) is 24.4 Å². The van der Waals surface area contributed by atoms with Crippen molar-refractivity contribution in [2.45, 2.75) is 114 Å². The predicted molar refractivity (Wildman–Crippen MR) is 217 cm³/mol. The van der Waals surface area contributed by atoms with Gasteiger partial charge in [-0.3, -0.25) is 19.1 Å². The maximum absolute atomic E-state index is 14.6. The van der Waals surface area contributed by atoms with Crippen LogP contribution in [0, 0.1) is 17.8 Å². The molecule has 1 aromatic carbocycles. The molecule has 4 N–H and O–H groups in total. The summed E-state index contributed by atoms with van der Waals surface area (Å²) in [7, 11) is -4.02. The highest BCUT2D eigenvalue weighted by Crippen LogP contribution is 2.47. The first kappa shape index (κ1) is 41.7. The number of carboxylic acid groups (broad SMARTS) is 1. The van der Waals surface area contributed by atoms with Gasteiger partial charge in [0.05, 0.1) is 23.1 Å². The van der Waals surface area contributed by atoms with Crippen molar-refractivity contribution in [3.8, 4) is 28.6 Å². The van der Waals surface area contributed by atoms with Crippen LogP contribution in [0.2, 0.25) is 0 Å². The molecule has 0 unspecified atom stereocenters. The Hall–Kier alpha value is -5.45. The fraction of sp³-hybridized carbons (Fsp3) is 0.524. The Bertz CT molecular complexity index is 2210. The van der Waals surface area contributed by atoms with E-state index in [-0.39, 0.29) is 31.4 Å². The van der Waals surface area contributed by atoms with Gasteiger partial charge in [0.25, 0.3) is 5.91 Å². The topological polar surface area (TPSA) is 211 Å². The predicted octanol–water partition coefficient (Wildman–Crippen LogP) is 4.59. The lowest BCUT2D eigenvalue weighted by Crippen LogP contribution is -2.59. The number of fused-ring (bicyclic) bond motifs is 2. The second-order valence-electron chi connectivity index (χ2n) is 17.1. The number of allylic oxidation sites excluding steroid dienone is 1. The molecule has 2 aliphatic carbocycles. The van der Waals surface area contributed by atoms with E-state index in [1.807, 2.05) is 64.1 Å². The minimum Gasteiger partial charge on any atom is -0.491 e. The van der Waals surface area contributed by atoms with Gasteiger partial charge in [-0.05, 0) is 101 Å².